The molecular weight excluding hydrogens is 398 g/mol. The van der Waals surface area contributed by atoms with Gasteiger partial charge in [-0.05, 0) is 59.2 Å². The number of carbonyl (C=O) groups excluding carboxylic acids is 1. The van der Waals surface area contributed by atoms with E-state index in [0.29, 0.717) is 17.9 Å². The molecule has 0 fully saturated rings. The number of nitrogens with one attached hydrogen (secondary N) is 2. The first-order valence-corrected chi connectivity index (χ1v) is 9.89. The fraction of sp³-hybridized carbons (Fsp3) is 0.174. The molecule has 154 valence electrons. The molecule has 0 atom stereocenters. The van der Waals surface area contributed by atoms with Crippen molar-refractivity contribution in [3.05, 3.63) is 60.7 Å². The fourth-order valence-electron chi connectivity index (χ4n) is 3.16. The van der Waals surface area contributed by atoms with Crippen molar-refractivity contribution in [1.29, 1.82) is 0 Å². The topological polar surface area (TPSA) is 98.7 Å². The molecule has 3 aromatic carbocycles. The average Bonchev–Trinajstić information content (AvgIpc) is 3.10. The van der Waals surface area contributed by atoms with Gasteiger partial charge < -0.3 is 20.5 Å². The lowest BCUT2D eigenvalue weighted by Crippen LogP contribution is -2.34. The van der Waals surface area contributed by atoms with E-state index in [1.165, 1.54) is 5.39 Å². The van der Waals surface area contributed by atoms with Crippen LogP contribution in [0.4, 0.5) is 5.69 Å². The third-order valence-electron chi connectivity index (χ3n) is 4.49. The van der Waals surface area contributed by atoms with Crippen LogP contribution in [-0.4, -0.2) is 21.5 Å². The summed E-state index contributed by atoms with van der Waals surface area (Å²) >= 11 is 5.23. The van der Waals surface area contributed by atoms with Gasteiger partial charge in [0.2, 0.25) is 11.8 Å². The summed E-state index contributed by atoms with van der Waals surface area (Å²) in [4.78, 5) is 16.5. The number of benzene rings is 3. The van der Waals surface area contributed by atoms with E-state index in [9.17, 15) is 4.79 Å². The van der Waals surface area contributed by atoms with Gasteiger partial charge in [-0.25, -0.2) is 4.98 Å². The van der Waals surface area contributed by atoms with Crippen LogP contribution in [0.3, 0.4) is 0 Å². The van der Waals surface area contributed by atoms with Crippen molar-refractivity contribution in [2.45, 2.75) is 20.3 Å². The van der Waals surface area contributed by atoms with E-state index >= 15 is 0 Å². The van der Waals surface area contributed by atoms with Gasteiger partial charge in [0.05, 0.1) is 0 Å². The Morgan fingerprint density at radius 2 is 1.83 bits per heavy atom. The number of thiocarbonyl (C=S) groups is 1. The minimum Gasteiger partial charge on any atom is -0.436 e. The molecule has 1 aromatic heterocycles. The van der Waals surface area contributed by atoms with Crippen molar-refractivity contribution in [2.24, 2.45) is 5.92 Å². The summed E-state index contributed by atoms with van der Waals surface area (Å²) in [7, 11) is 0. The van der Waals surface area contributed by atoms with Gasteiger partial charge in [-0.15, -0.1) is 0 Å². The molecule has 0 aliphatic carbocycles. The Kier molecular flexibility index (Phi) is 6.44. The zero-order chi connectivity index (χ0) is 20.4. The molecule has 6 nitrogen and oxygen atoms in total. The Hall–Kier alpha value is -3.29. The number of anilines is 1. The standard InChI is InChI=1S/C23H21N3O2S.H2O/c1-14(2)11-21(27)26-23(29)24-18-9-10-20-19(13-18)25-22(28-20)17-8-7-15-5-3-4-6-16(15)12-17;/h3-10,12-14H,11H2,1-2H3,(H2,24,26,27,29);1H2. The maximum absolute atomic E-state index is 11.9. The predicted octanol–water partition coefficient (Wildman–Crippen LogP) is 4.68. The van der Waals surface area contributed by atoms with Gasteiger partial charge in [0.15, 0.2) is 10.7 Å². The van der Waals surface area contributed by atoms with E-state index in [-0.39, 0.29) is 22.4 Å². The molecule has 0 bridgehead atoms. The summed E-state index contributed by atoms with van der Waals surface area (Å²) in [6.45, 7) is 3.98. The smallest absolute Gasteiger partial charge is 0.227 e. The van der Waals surface area contributed by atoms with E-state index < -0.39 is 0 Å². The zero-order valence-corrected chi connectivity index (χ0v) is 17.5. The Morgan fingerprint density at radius 1 is 1.07 bits per heavy atom. The number of hydrogen-bond acceptors (Lipinski definition) is 4. The maximum atomic E-state index is 11.9. The van der Waals surface area contributed by atoms with Crippen LogP contribution in [0.2, 0.25) is 0 Å². The summed E-state index contributed by atoms with van der Waals surface area (Å²) < 4.78 is 5.93. The fourth-order valence-corrected chi connectivity index (χ4v) is 3.39. The number of fused-ring (bicyclic) bond motifs is 2. The van der Waals surface area contributed by atoms with E-state index in [4.69, 9.17) is 16.6 Å². The van der Waals surface area contributed by atoms with Crippen LogP contribution in [0.25, 0.3) is 33.3 Å². The van der Waals surface area contributed by atoms with Crippen molar-refractivity contribution in [3.63, 3.8) is 0 Å². The SMILES string of the molecule is CC(C)CC(=O)NC(=S)Nc1ccc2oc(-c3ccc4ccccc4c3)nc2c1.O. The molecule has 0 aliphatic heterocycles. The van der Waals surface area contributed by atoms with E-state index in [0.717, 1.165) is 22.2 Å². The number of carbonyl (C=O) groups is 1. The first kappa shape index (κ1) is 21.4. The zero-order valence-electron chi connectivity index (χ0n) is 16.7. The minimum atomic E-state index is -0.0985. The van der Waals surface area contributed by atoms with Crippen LogP contribution in [0.15, 0.2) is 65.1 Å². The molecule has 30 heavy (non-hydrogen) atoms. The number of amides is 1. The molecule has 4 N–H and O–H groups in total. The Bertz CT molecular complexity index is 1220. The van der Waals surface area contributed by atoms with Crippen molar-refractivity contribution in [2.75, 3.05) is 5.32 Å². The molecule has 7 heteroatoms. The first-order valence-electron chi connectivity index (χ1n) is 9.48. The Labute approximate surface area is 179 Å². The number of oxazole rings is 1. The Balaban J connectivity index is 0.00000256. The quantitative estimate of drug-likeness (QED) is 0.466. The summed E-state index contributed by atoms with van der Waals surface area (Å²) in [6, 6.07) is 19.8. The van der Waals surface area contributed by atoms with Crippen LogP contribution < -0.4 is 10.6 Å². The van der Waals surface area contributed by atoms with Crippen LogP contribution in [0.1, 0.15) is 20.3 Å². The van der Waals surface area contributed by atoms with Crippen molar-refractivity contribution >= 4 is 50.8 Å². The van der Waals surface area contributed by atoms with Crippen molar-refractivity contribution < 1.29 is 14.7 Å². The number of aromatic nitrogens is 1. The molecule has 0 unspecified atom stereocenters. The second-order valence-electron chi connectivity index (χ2n) is 7.36. The highest BCUT2D eigenvalue weighted by molar-refractivity contribution is 7.80. The van der Waals surface area contributed by atoms with Crippen molar-refractivity contribution in [3.8, 4) is 11.5 Å². The monoisotopic (exact) mass is 421 g/mol. The van der Waals surface area contributed by atoms with E-state index in [1.54, 1.807) is 0 Å². The van der Waals surface area contributed by atoms with Gasteiger partial charge in [0, 0.05) is 17.7 Å². The third-order valence-corrected chi connectivity index (χ3v) is 4.69. The summed E-state index contributed by atoms with van der Waals surface area (Å²) in [5, 5.41) is 8.30. The summed E-state index contributed by atoms with van der Waals surface area (Å²) in [6.07, 6.45) is 0.430. The number of nitrogens with zero attached hydrogens (tertiary/aromatic N) is 1. The van der Waals surface area contributed by atoms with Gasteiger partial charge in [0.1, 0.15) is 5.52 Å². The second-order valence-corrected chi connectivity index (χ2v) is 7.77. The lowest BCUT2D eigenvalue weighted by atomic mass is 10.1. The van der Waals surface area contributed by atoms with Crippen LogP contribution >= 0.6 is 12.2 Å². The van der Waals surface area contributed by atoms with Crippen molar-refractivity contribution in [1.82, 2.24) is 10.3 Å². The van der Waals surface area contributed by atoms with Gasteiger partial charge in [-0.3, -0.25) is 4.79 Å². The van der Waals surface area contributed by atoms with Crippen LogP contribution in [0, 0.1) is 5.92 Å². The molecule has 0 saturated carbocycles. The van der Waals surface area contributed by atoms with Crippen LogP contribution in [0.5, 0.6) is 0 Å². The predicted molar refractivity (Wildman–Crippen MR) is 124 cm³/mol. The Morgan fingerprint density at radius 3 is 2.60 bits per heavy atom. The lowest BCUT2D eigenvalue weighted by Gasteiger charge is -2.10. The highest BCUT2D eigenvalue weighted by Gasteiger charge is 2.11. The first-order chi connectivity index (χ1) is 14.0. The number of rotatable bonds is 4. The van der Waals surface area contributed by atoms with Crippen LogP contribution in [-0.2, 0) is 4.79 Å². The molecule has 4 rings (SSSR count). The number of hydrogen-bond donors (Lipinski definition) is 2. The highest BCUT2D eigenvalue weighted by atomic mass is 32.1. The minimum absolute atomic E-state index is 0. The average molecular weight is 422 g/mol. The molecule has 0 spiro atoms. The molecule has 0 radical (unpaired) electrons. The highest BCUT2D eigenvalue weighted by Crippen LogP contribution is 2.28. The lowest BCUT2D eigenvalue weighted by molar-refractivity contribution is -0.120. The van der Waals surface area contributed by atoms with E-state index in [2.05, 4.69) is 39.9 Å². The van der Waals surface area contributed by atoms with Gasteiger partial charge in [-0.2, -0.15) is 0 Å². The third kappa shape index (κ3) is 4.82. The summed E-state index contributed by atoms with van der Waals surface area (Å²) in [5.41, 5.74) is 3.07. The molecule has 4 aromatic rings. The van der Waals surface area contributed by atoms with E-state index in [1.807, 2.05) is 50.2 Å². The molecule has 0 aliphatic rings. The molecular formula is C23H23N3O3S. The molecule has 1 heterocycles. The summed E-state index contributed by atoms with van der Waals surface area (Å²) in [5.74, 6) is 0.743. The maximum Gasteiger partial charge on any atom is 0.227 e. The van der Waals surface area contributed by atoms with Gasteiger partial charge in [0.25, 0.3) is 0 Å². The van der Waals surface area contributed by atoms with Gasteiger partial charge >= 0.3 is 0 Å². The second kappa shape index (κ2) is 9.02. The normalized spacial score (nSPS) is 10.8. The molecule has 1 amide bonds. The molecule has 0 saturated heterocycles. The largest absolute Gasteiger partial charge is 0.436 e. The van der Waals surface area contributed by atoms with Gasteiger partial charge in [-0.1, -0.05) is 44.2 Å².